The fourth-order valence-corrected chi connectivity index (χ4v) is 3.17. The van der Waals surface area contributed by atoms with Crippen LogP contribution in [-0.4, -0.2) is 20.4 Å². The molecule has 0 saturated heterocycles. The fraction of sp³-hybridized carbons (Fsp3) is 0.190. The third-order valence-corrected chi connectivity index (χ3v) is 4.80. The van der Waals surface area contributed by atoms with E-state index in [-0.39, 0.29) is 19.1 Å². The van der Waals surface area contributed by atoms with Gasteiger partial charge in [-0.2, -0.15) is 0 Å². The van der Waals surface area contributed by atoms with Crippen molar-refractivity contribution >= 4 is 23.2 Å². The number of nitrogens with one attached hydrogen (secondary N) is 1. The maximum atomic E-state index is 12.7. The summed E-state index contributed by atoms with van der Waals surface area (Å²) in [4.78, 5) is 17.2. The molecular formula is C21H19ClN4O3. The number of hydrogen-bond donors (Lipinski definition) is 1. The van der Waals surface area contributed by atoms with Crippen molar-refractivity contribution in [3.8, 4) is 5.75 Å². The first-order chi connectivity index (χ1) is 14.0. The lowest BCUT2D eigenvalue weighted by atomic mass is 10.1. The van der Waals surface area contributed by atoms with Crippen molar-refractivity contribution in [2.45, 2.75) is 27.0 Å². The number of carbonyl (C=O) groups is 1. The SMILES string of the molecule is Cc1noc(C)c1COc1ccccc1C(=O)NCc1cn2cc(Cl)ccc2n1. The summed E-state index contributed by atoms with van der Waals surface area (Å²) in [6.45, 7) is 4.25. The highest BCUT2D eigenvalue weighted by Crippen LogP contribution is 2.21. The Balaban J connectivity index is 1.45. The zero-order valence-electron chi connectivity index (χ0n) is 16.0. The van der Waals surface area contributed by atoms with Gasteiger partial charge in [0.05, 0.1) is 34.1 Å². The molecule has 0 aliphatic carbocycles. The number of rotatable bonds is 6. The van der Waals surface area contributed by atoms with Gasteiger partial charge in [-0.25, -0.2) is 4.98 Å². The van der Waals surface area contributed by atoms with Crippen LogP contribution in [-0.2, 0) is 13.2 Å². The van der Waals surface area contributed by atoms with Gasteiger partial charge < -0.3 is 19.0 Å². The molecule has 8 heteroatoms. The maximum absolute atomic E-state index is 12.7. The number of benzene rings is 1. The molecule has 0 unspecified atom stereocenters. The van der Waals surface area contributed by atoms with E-state index < -0.39 is 0 Å². The standard InChI is InChI=1S/C21H19ClN4O3/c1-13-18(14(2)29-25-13)12-28-19-6-4-3-5-17(19)21(27)23-9-16-11-26-10-15(22)7-8-20(26)24-16/h3-8,10-11H,9,12H2,1-2H3,(H,23,27). The molecule has 0 fully saturated rings. The number of amides is 1. The van der Waals surface area contributed by atoms with Gasteiger partial charge in [0.1, 0.15) is 23.8 Å². The highest BCUT2D eigenvalue weighted by Gasteiger charge is 2.15. The molecule has 29 heavy (non-hydrogen) atoms. The number of nitrogens with zero attached hydrogens (tertiary/aromatic N) is 3. The van der Waals surface area contributed by atoms with E-state index in [1.54, 1.807) is 30.5 Å². The number of pyridine rings is 1. The molecule has 4 rings (SSSR count). The van der Waals surface area contributed by atoms with E-state index >= 15 is 0 Å². The van der Waals surface area contributed by atoms with Gasteiger partial charge >= 0.3 is 0 Å². The van der Waals surface area contributed by atoms with E-state index in [2.05, 4.69) is 15.5 Å². The number of aryl methyl sites for hydroxylation is 2. The van der Waals surface area contributed by atoms with Gasteiger partial charge in [-0.3, -0.25) is 4.79 Å². The molecule has 1 amide bonds. The van der Waals surface area contributed by atoms with Crippen LogP contribution in [0, 0.1) is 13.8 Å². The Labute approximate surface area is 172 Å². The van der Waals surface area contributed by atoms with Crippen LogP contribution >= 0.6 is 11.6 Å². The summed E-state index contributed by atoms with van der Waals surface area (Å²) in [6, 6.07) is 10.7. The van der Waals surface area contributed by atoms with Gasteiger partial charge in [-0.05, 0) is 38.1 Å². The summed E-state index contributed by atoms with van der Waals surface area (Å²) < 4.78 is 12.9. The Bertz CT molecular complexity index is 1160. The van der Waals surface area contributed by atoms with Crippen LogP contribution in [0.2, 0.25) is 5.02 Å². The minimum Gasteiger partial charge on any atom is -0.488 e. The van der Waals surface area contributed by atoms with Crippen molar-refractivity contribution in [1.82, 2.24) is 19.9 Å². The van der Waals surface area contributed by atoms with Crippen molar-refractivity contribution in [2.24, 2.45) is 0 Å². The third-order valence-electron chi connectivity index (χ3n) is 4.58. The van der Waals surface area contributed by atoms with Crippen LogP contribution in [0.1, 0.15) is 33.1 Å². The zero-order chi connectivity index (χ0) is 20.4. The average Bonchev–Trinajstić information content (AvgIpc) is 3.26. The first-order valence-electron chi connectivity index (χ1n) is 9.06. The molecule has 0 radical (unpaired) electrons. The fourth-order valence-electron chi connectivity index (χ4n) is 3.01. The molecule has 0 spiro atoms. The first-order valence-corrected chi connectivity index (χ1v) is 9.44. The van der Waals surface area contributed by atoms with Gasteiger partial charge in [-0.15, -0.1) is 0 Å². The van der Waals surface area contributed by atoms with Crippen LogP contribution in [0.25, 0.3) is 5.65 Å². The predicted molar refractivity (Wildman–Crippen MR) is 108 cm³/mol. The Morgan fingerprint density at radius 3 is 2.83 bits per heavy atom. The van der Waals surface area contributed by atoms with Gasteiger partial charge in [0, 0.05) is 12.4 Å². The van der Waals surface area contributed by atoms with Crippen LogP contribution in [0.4, 0.5) is 0 Å². The molecule has 4 aromatic rings. The van der Waals surface area contributed by atoms with Crippen LogP contribution < -0.4 is 10.1 Å². The van der Waals surface area contributed by atoms with E-state index in [1.165, 1.54) is 0 Å². The largest absolute Gasteiger partial charge is 0.488 e. The van der Waals surface area contributed by atoms with E-state index in [4.69, 9.17) is 20.9 Å². The summed E-state index contributed by atoms with van der Waals surface area (Å²) in [5.74, 6) is 0.956. The highest BCUT2D eigenvalue weighted by atomic mass is 35.5. The molecule has 0 saturated carbocycles. The zero-order valence-corrected chi connectivity index (χ0v) is 16.7. The summed E-state index contributed by atoms with van der Waals surface area (Å²) in [5, 5.41) is 7.43. The van der Waals surface area contributed by atoms with Crippen molar-refractivity contribution in [2.75, 3.05) is 0 Å². The molecular weight excluding hydrogens is 392 g/mol. The van der Waals surface area contributed by atoms with Gasteiger partial charge in [0.15, 0.2) is 0 Å². The smallest absolute Gasteiger partial charge is 0.255 e. The number of para-hydroxylation sites is 1. The summed E-state index contributed by atoms with van der Waals surface area (Å²) in [6.07, 6.45) is 3.61. The molecule has 3 heterocycles. The van der Waals surface area contributed by atoms with E-state index in [0.29, 0.717) is 22.1 Å². The first kappa shape index (κ1) is 19.0. The number of imidazole rings is 1. The molecule has 0 aliphatic rings. The molecule has 1 N–H and O–H groups in total. The van der Waals surface area contributed by atoms with Crippen LogP contribution in [0.5, 0.6) is 5.75 Å². The van der Waals surface area contributed by atoms with Gasteiger partial charge in [-0.1, -0.05) is 28.9 Å². The number of carbonyl (C=O) groups excluding carboxylic acids is 1. The van der Waals surface area contributed by atoms with E-state index in [0.717, 1.165) is 22.6 Å². The summed E-state index contributed by atoms with van der Waals surface area (Å²) >= 11 is 6.00. The lowest BCUT2D eigenvalue weighted by Gasteiger charge is -2.11. The topological polar surface area (TPSA) is 81.7 Å². The second-order valence-corrected chi connectivity index (χ2v) is 7.05. The van der Waals surface area contributed by atoms with Crippen molar-refractivity contribution in [3.05, 3.63) is 82.1 Å². The second kappa shape index (κ2) is 7.97. The predicted octanol–water partition coefficient (Wildman–Crippen LogP) is 4.10. The van der Waals surface area contributed by atoms with Crippen LogP contribution in [0.15, 0.2) is 53.3 Å². The summed E-state index contributed by atoms with van der Waals surface area (Å²) in [7, 11) is 0. The number of ether oxygens (including phenoxy) is 1. The van der Waals surface area contributed by atoms with E-state index in [9.17, 15) is 4.79 Å². The number of aromatic nitrogens is 3. The number of halogens is 1. The van der Waals surface area contributed by atoms with E-state index in [1.807, 2.05) is 36.6 Å². The van der Waals surface area contributed by atoms with Crippen molar-refractivity contribution < 1.29 is 14.1 Å². The Hall–Kier alpha value is -3.32. The highest BCUT2D eigenvalue weighted by molar-refractivity contribution is 6.30. The quantitative estimate of drug-likeness (QED) is 0.517. The maximum Gasteiger partial charge on any atom is 0.255 e. The average molecular weight is 411 g/mol. The van der Waals surface area contributed by atoms with Crippen molar-refractivity contribution in [1.29, 1.82) is 0 Å². The Morgan fingerprint density at radius 2 is 2.03 bits per heavy atom. The molecule has 0 bridgehead atoms. The lowest BCUT2D eigenvalue weighted by molar-refractivity contribution is 0.0946. The van der Waals surface area contributed by atoms with Crippen molar-refractivity contribution in [3.63, 3.8) is 0 Å². The Kier molecular flexibility index (Phi) is 5.22. The molecule has 148 valence electrons. The molecule has 3 aromatic heterocycles. The molecule has 0 aliphatic heterocycles. The normalized spacial score (nSPS) is 11.0. The monoisotopic (exact) mass is 410 g/mol. The second-order valence-electron chi connectivity index (χ2n) is 6.62. The lowest BCUT2D eigenvalue weighted by Crippen LogP contribution is -2.23. The molecule has 7 nitrogen and oxygen atoms in total. The summed E-state index contributed by atoms with van der Waals surface area (Å²) in [5.41, 5.74) is 3.60. The molecule has 1 aromatic carbocycles. The number of fused-ring (bicyclic) bond motifs is 1. The van der Waals surface area contributed by atoms with Gasteiger partial charge in [0.25, 0.3) is 5.91 Å². The third kappa shape index (κ3) is 4.09. The van der Waals surface area contributed by atoms with Crippen LogP contribution in [0.3, 0.4) is 0 Å². The minimum atomic E-state index is -0.241. The Morgan fingerprint density at radius 1 is 1.21 bits per heavy atom. The number of hydrogen-bond acceptors (Lipinski definition) is 5. The van der Waals surface area contributed by atoms with Gasteiger partial charge in [0.2, 0.25) is 0 Å². The minimum absolute atomic E-state index is 0.241. The molecule has 0 atom stereocenters.